The van der Waals surface area contributed by atoms with Crippen LogP contribution in [-0.2, 0) is 12.8 Å². The Hall–Kier alpha value is -1.88. The Bertz CT molecular complexity index is 695. The van der Waals surface area contributed by atoms with Gasteiger partial charge in [-0.3, -0.25) is 4.79 Å². The van der Waals surface area contributed by atoms with Gasteiger partial charge in [-0.25, -0.2) is 9.97 Å². The van der Waals surface area contributed by atoms with Crippen LogP contribution in [0.25, 0.3) is 0 Å². The summed E-state index contributed by atoms with van der Waals surface area (Å²) in [6.07, 6.45) is 4.69. The number of hydrogen-bond acceptors (Lipinski definition) is 5. The number of benzene rings is 1. The average molecular weight is 313 g/mol. The number of nitrogens with two attached hydrogens (primary N) is 1. The van der Waals surface area contributed by atoms with E-state index in [1.165, 1.54) is 35.7 Å². The zero-order chi connectivity index (χ0) is 15.5. The maximum absolute atomic E-state index is 12.4. The van der Waals surface area contributed by atoms with Crippen molar-refractivity contribution < 1.29 is 4.79 Å². The molecule has 1 aliphatic carbocycles. The van der Waals surface area contributed by atoms with Crippen molar-refractivity contribution in [3.63, 3.8) is 0 Å². The highest BCUT2D eigenvalue weighted by Gasteiger charge is 2.13. The summed E-state index contributed by atoms with van der Waals surface area (Å²) in [6, 6.07) is 7.82. The third-order valence-electron chi connectivity index (χ3n) is 3.86. The number of hydrogen-bond donors (Lipinski definition) is 1. The summed E-state index contributed by atoms with van der Waals surface area (Å²) >= 11 is 1.34. The summed E-state index contributed by atoms with van der Waals surface area (Å²) in [6.45, 7) is 1.87. The van der Waals surface area contributed by atoms with E-state index < -0.39 is 0 Å². The summed E-state index contributed by atoms with van der Waals surface area (Å²) in [7, 11) is 0. The van der Waals surface area contributed by atoms with E-state index in [1.807, 2.05) is 13.0 Å². The molecular weight excluding hydrogens is 294 g/mol. The van der Waals surface area contributed by atoms with E-state index in [1.54, 1.807) is 6.07 Å². The van der Waals surface area contributed by atoms with Gasteiger partial charge in [-0.05, 0) is 49.8 Å². The molecule has 0 radical (unpaired) electrons. The molecular formula is C17H19N3OS. The first kappa shape index (κ1) is 15.0. The first-order valence-corrected chi connectivity index (χ1v) is 8.49. The fraction of sp³-hybridized carbons (Fsp3) is 0.353. The average Bonchev–Trinajstić information content (AvgIpc) is 2.51. The predicted octanol–water partition coefficient (Wildman–Crippen LogP) is 3.22. The van der Waals surface area contributed by atoms with Gasteiger partial charge >= 0.3 is 0 Å². The number of carbonyl (C=O) groups is 1. The zero-order valence-electron chi connectivity index (χ0n) is 12.6. The molecule has 0 spiro atoms. The lowest BCUT2D eigenvalue weighted by Gasteiger charge is -2.16. The Balaban J connectivity index is 1.69. The number of nitrogen functional groups attached to an aromatic ring is 1. The number of fused-ring (bicyclic) bond motifs is 1. The number of Topliss-reactive ketones (excluding diaryl/α,β-unsaturated/α-hetero) is 1. The smallest absolute Gasteiger partial charge is 0.190 e. The molecule has 1 aliphatic rings. The molecule has 1 aromatic carbocycles. The van der Waals surface area contributed by atoms with E-state index in [0.717, 1.165) is 24.1 Å². The highest BCUT2D eigenvalue weighted by Crippen LogP contribution is 2.23. The molecule has 0 unspecified atom stereocenters. The minimum atomic E-state index is 0.113. The van der Waals surface area contributed by atoms with Crippen LogP contribution in [0.2, 0.25) is 0 Å². The largest absolute Gasteiger partial charge is 0.384 e. The van der Waals surface area contributed by atoms with Gasteiger partial charge in [-0.2, -0.15) is 0 Å². The van der Waals surface area contributed by atoms with Crippen molar-refractivity contribution in [2.24, 2.45) is 0 Å². The molecule has 1 heterocycles. The predicted molar refractivity (Wildman–Crippen MR) is 89.3 cm³/mol. The van der Waals surface area contributed by atoms with Crippen LogP contribution in [0.15, 0.2) is 29.4 Å². The molecule has 22 heavy (non-hydrogen) atoms. The highest BCUT2D eigenvalue weighted by atomic mass is 32.2. The SMILES string of the molecule is Cc1cc(N)nc(SCC(=O)c2ccc3c(c2)CCCC3)n1. The minimum absolute atomic E-state index is 0.113. The van der Waals surface area contributed by atoms with Crippen molar-refractivity contribution in [3.05, 3.63) is 46.6 Å². The topological polar surface area (TPSA) is 68.9 Å². The normalized spacial score (nSPS) is 13.7. The summed E-state index contributed by atoms with van der Waals surface area (Å²) in [4.78, 5) is 20.8. The molecule has 1 aromatic heterocycles. The fourth-order valence-electron chi connectivity index (χ4n) is 2.75. The van der Waals surface area contributed by atoms with Crippen molar-refractivity contribution in [1.82, 2.24) is 9.97 Å². The summed E-state index contributed by atoms with van der Waals surface area (Å²) in [5.74, 6) is 0.889. The molecule has 4 nitrogen and oxygen atoms in total. The van der Waals surface area contributed by atoms with Crippen LogP contribution in [-0.4, -0.2) is 21.5 Å². The number of rotatable bonds is 4. The minimum Gasteiger partial charge on any atom is -0.384 e. The second kappa shape index (κ2) is 6.48. The van der Waals surface area contributed by atoms with Gasteiger partial charge in [0.2, 0.25) is 0 Å². The van der Waals surface area contributed by atoms with Crippen molar-refractivity contribution >= 4 is 23.4 Å². The van der Waals surface area contributed by atoms with Crippen molar-refractivity contribution in [2.75, 3.05) is 11.5 Å². The lowest BCUT2D eigenvalue weighted by atomic mass is 9.90. The number of aromatic nitrogens is 2. The maximum Gasteiger partial charge on any atom is 0.190 e. The van der Waals surface area contributed by atoms with Crippen LogP contribution < -0.4 is 5.73 Å². The number of nitrogens with zero attached hydrogens (tertiary/aromatic N) is 2. The Kier molecular flexibility index (Phi) is 4.43. The molecule has 2 N–H and O–H groups in total. The van der Waals surface area contributed by atoms with E-state index in [4.69, 9.17) is 5.73 Å². The molecule has 0 amide bonds. The quantitative estimate of drug-likeness (QED) is 0.533. The first-order chi connectivity index (χ1) is 10.6. The molecule has 0 saturated carbocycles. The van der Waals surface area contributed by atoms with E-state index >= 15 is 0 Å². The number of aryl methyl sites for hydroxylation is 3. The molecule has 2 aromatic rings. The molecule has 114 valence electrons. The molecule has 0 aliphatic heterocycles. The molecule has 0 saturated heterocycles. The molecule has 0 atom stereocenters. The van der Waals surface area contributed by atoms with Crippen LogP contribution in [0.3, 0.4) is 0 Å². The zero-order valence-corrected chi connectivity index (χ0v) is 13.4. The Labute approximate surface area is 134 Å². The van der Waals surface area contributed by atoms with Gasteiger partial charge in [-0.15, -0.1) is 0 Å². The lowest BCUT2D eigenvalue weighted by molar-refractivity contribution is 0.102. The van der Waals surface area contributed by atoms with Crippen LogP contribution in [0.4, 0.5) is 5.82 Å². The highest BCUT2D eigenvalue weighted by molar-refractivity contribution is 7.99. The summed E-state index contributed by atoms with van der Waals surface area (Å²) < 4.78 is 0. The van der Waals surface area contributed by atoms with Crippen LogP contribution in [0.1, 0.15) is 40.0 Å². The number of anilines is 1. The third-order valence-corrected chi connectivity index (χ3v) is 4.70. The Morgan fingerprint density at radius 2 is 1.95 bits per heavy atom. The van der Waals surface area contributed by atoms with Gasteiger partial charge in [0.25, 0.3) is 0 Å². The van der Waals surface area contributed by atoms with Crippen molar-refractivity contribution in [3.8, 4) is 0 Å². The van der Waals surface area contributed by atoms with Gasteiger partial charge in [0.05, 0.1) is 5.75 Å². The van der Waals surface area contributed by atoms with Crippen molar-refractivity contribution in [2.45, 2.75) is 37.8 Å². The second-order valence-corrected chi connectivity index (χ2v) is 6.56. The molecule has 0 fully saturated rings. The van der Waals surface area contributed by atoms with Crippen LogP contribution >= 0.6 is 11.8 Å². The van der Waals surface area contributed by atoms with Gasteiger partial charge < -0.3 is 5.73 Å². The monoisotopic (exact) mass is 313 g/mol. The van der Waals surface area contributed by atoms with E-state index in [9.17, 15) is 4.79 Å². The summed E-state index contributed by atoms with van der Waals surface area (Å²) in [5.41, 5.74) is 10.0. The number of ketones is 1. The van der Waals surface area contributed by atoms with Gasteiger partial charge in [0.1, 0.15) is 5.82 Å². The number of thioether (sulfide) groups is 1. The van der Waals surface area contributed by atoms with E-state index in [0.29, 0.717) is 16.7 Å². The van der Waals surface area contributed by atoms with Gasteiger partial charge in [0.15, 0.2) is 10.9 Å². The van der Waals surface area contributed by atoms with E-state index in [-0.39, 0.29) is 5.78 Å². The maximum atomic E-state index is 12.4. The van der Waals surface area contributed by atoms with Gasteiger partial charge in [0, 0.05) is 17.3 Å². The van der Waals surface area contributed by atoms with E-state index in [2.05, 4.69) is 22.1 Å². The van der Waals surface area contributed by atoms with Crippen molar-refractivity contribution in [1.29, 1.82) is 0 Å². The third kappa shape index (κ3) is 3.47. The molecule has 3 rings (SSSR count). The Morgan fingerprint density at radius 1 is 1.18 bits per heavy atom. The standard InChI is InChI=1S/C17H19N3OS/c1-11-8-16(18)20-17(19-11)22-10-15(21)14-7-6-12-4-2-3-5-13(12)9-14/h6-9H,2-5,10H2,1H3,(H2,18,19,20). The molecule has 5 heteroatoms. The summed E-state index contributed by atoms with van der Waals surface area (Å²) in [5, 5.41) is 0.559. The fourth-order valence-corrected chi connectivity index (χ4v) is 3.56. The molecule has 0 bridgehead atoms. The van der Waals surface area contributed by atoms with Crippen LogP contribution in [0, 0.1) is 6.92 Å². The lowest BCUT2D eigenvalue weighted by Crippen LogP contribution is -2.08. The second-order valence-electron chi connectivity index (χ2n) is 5.62. The Morgan fingerprint density at radius 3 is 2.73 bits per heavy atom. The van der Waals surface area contributed by atoms with Crippen LogP contribution in [0.5, 0.6) is 0 Å². The first-order valence-electron chi connectivity index (χ1n) is 7.51. The van der Waals surface area contributed by atoms with Gasteiger partial charge in [-0.1, -0.05) is 23.9 Å². The number of carbonyl (C=O) groups excluding carboxylic acids is 1.